The Morgan fingerprint density at radius 1 is 0.778 bits per heavy atom. The number of halogens is 2. The van der Waals surface area contributed by atoms with Crippen molar-refractivity contribution in [2.45, 2.75) is 13.2 Å². The number of hydrogen-bond donors (Lipinski definition) is 2. The molecule has 3 aromatic carbocycles. The van der Waals surface area contributed by atoms with Gasteiger partial charge < -0.3 is 15.4 Å². The number of ether oxygens (including phenoxy) is 1. The van der Waals surface area contributed by atoms with Crippen molar-refractivity contribution in [1.29, 1.82) is 0 Å². The van der Waals surface area contributed by atoms with Gasteiger partial charge in [0, 0.05) is 12.2 Å². The molecule has 0 aliphatic rings. The van der Waals surface area contributed by atoms with E-state index in [1.54, 1.807) is 24.3 Å². The van der Waals surface area contributed by atoms with Crippen LogP contribution >= 0.6 is 12.2 Å². The molecule has 0 heterocycles. The highest BCUT2D eigenvalue weighted by Gasteiger charge is 2.01. The molecule has 0 aliphatic carbocycles. The van der Waals surface area contributed by atoms with E-state index in [-0.39, 0.29) is 11.6 Å². The van der Waals surface area contributed by atoms with Gasteiger partial charge in [-0.05, 0) is 71.9 Å². The van der Waals surface area contributed by atoms with Gasteiger partial charge in [-0.25, -0.2) is 8.78 Å². The molecule has 0 radical (unpaired) electrons. The SMILES string of the molecule is Fc1ccc(COc2ccc(CNC(=S)Nc3ccc(F)cc3)cc2)cc1. The Kier molecular flexibility index (Phi) is 6.33. The van der Waals surface area contributed by atoms with Crippen LogP contribution < -0.4 is 15.4 Å². The Labute approximate surface area is 162 Å². The van der Waals surface area contributed by atoms with Crippen LogP contribution in [0.4, 0.5) is 14.5 Å². The van der Waals surface area contributed by atoms with Crippen molar-refractivity contribution < 1.29 is 13.5 Å². The van der Waals surface area contributed by atoms with Gasteiger partial charge in [-0.3, -0.25) is 0 Å². The van der Waals surface area contributed by atoms with E-state index in [9.17, 15) is 8.78 Å². The van der Waals surface area contributed by atoms with Crippen LogP contribution in [0.1, 0.15) is 11.1 Å². The van der Waals surface area contributed by atoms with E-state index in [4.69, 9.17) is 17.0 Å². The first-order valence-electron chi connectivity index (χ1n) is 8.35. The Hall–Kier alpha value is -2.99. The summed E-state index contributed by atoms with van der Waals surface area (Å²) in [6.45, 7) is 0.925. The monoisotopic (exact) mass is 384 g/mol. The molecule has 6 heteroatoms. The van der Waals surface area contributed by atoms with Gasteiger partial charge in [0.15, 0.2) is 5.11 Å². The predicted molar refractivity (Wildman–Crippen MR) is 107 cm³/mol. The Bertz CT molecular complexity index is 882. The molecule has 0 amide bonds. The summed E-state index contributed by atoms with van der Waals surface area (Å²) in [5, 5.41) is 6.55. The Balaban J connectivity index is 1.45. The predicted octanol–water partition coefficient (Wildman–Crippen LogP) is 5.03. The van der Waals surface area contributed by atoms with Crippen molar-refractivity contribution in [3.05, 3.63) is 95.6 Å². The number of thiocarbonyl (C=S) groups is 1. The first kappa shape index (κ1) is 18.8. The van der Waals surface area contributed by atoms with Crippen molar-refractivity contribution in [2.24, 2.45) is 0 Å². The minimum atomic E-state index is -0.291. The third-order valence-corrected chi connectivity index (χ3v) is 4.04. The van der Waals surface area contributed by atoms with Crippen LogP contribution in [0.2, 0.25) is 0 Å². The van der Waals surface area contributed by atoms with Gasteiger partial charge in [-0.15, -0.1) is 0 Å². The lowest BCUT2D eigenvalue weighted by Crippen LogP contribution is -2.27. The van der Waals surface area contributed by atoms with Crippen molar-refractivity contribution in [3.63, 3.8) is 0 Å². The molecule has 0 aromatic heterocycles. The van der Waals surface area contributed by atoms with Crippen LogP contribution in [-0.4, -0.2) is 5.11 Å². The number of hydrogen-bond acceptors (Lipinski definition) is 2. The second kappa shape index (κ2) is 9.09. The Morgan fingerprint density at radius 2 is 1.33 bits per heavy atom. The van der Waals surface area contributed by atoms with Crippen molar-refractivity contribution >= 4 is 23.0 Å². The largest absolute Gasteiger partial charge is 0.489 e. The Morgan fingerprint density at radius 3 is 1.96 bits per heavy atom. The van der Waals surface area contributed by atoms with Gasteiger partial charge in [0.1, 0.15) is 24.0 Å². The molecule has 0 bridgehead atoms. The molecule has 0 spiro atoms. The lowest BCUT2D eigenvalue weighted by Gasteiger charge is -2.11. The molecule has 2 N–H and O–H groups in total. The number of nitrogens with one attached hydrogen (secondary N) is 2. The fourth-order valence-corrected chi connectivity index (χ4v) is 2.53. The summed E-state index contributed by atoms with van der Waals surface area (Å²) in [6, 6.07) is 19.8. The second-order valence-corrected chi connectivity index (χ2v) is 6.28. The molecular formula is C21H18F2N2OS. The molecule has 0 saturated heterocycles. The highest BCUT2D eigenvalue weighted by Crippen LogP contribution is 2.15. The first-order chi connectivity index (χ1) is 13.1. The number of anilines is 1. The quantitative estimate of drug-likeness (QED) is 0.584. The van der Waals surface area contributed by atoms with Gasteiger partial charge in [0.2, 0.25) is 0 Å². The minimum Gasteiger partial charge on any atom is -0.489 e. The maximum Gasteiger partial charge on any atom is 0.171 e. The highest BCUT2D eigenvalue weighted by atomic mass is 32.1. The lowest BCUT2D eigenvalue weighted by atomic mass is 10.2. The second-order valence-electron chi connectivity index (χ2n) is 5.87. The van der Waals surface area contributed by atoms with Crippen LogP contribution in [0.15, 0.2) is 72.8 Å². The third kappa shape index (κ3) is 6.04. The molecule has 0 unspecified atom stereocenters. The van der Waals surface area contributed by atoms with E-state index >= 15 is 0 Å². The van der Waals surface area contributed by atoms with Crippen molar-refractivity contribution in [3.8, 4) is 5.75 Å². The van der Waals surface area contributed by atoms with E-state index in [2.05, 4.69) is 10.6 Å². The van der Waals surface area contributed by atoms with E-state index in [0.29, 0.717) is 18.3 Å². The van der Waals surface area contributed by atoms with Crippen LogP contribution in [0.3, 0.4) is 0 Å². The lowest BCUT2D eigenvalue weighted by molar-refractivity contribution is 0.306. The van der Waals surface area contributed by atoms with E-state index in [0.717, 1.165) is 22.6 Å². The summed E-state index contributed by atoms with van der Waals surface area (Å²) in [7, 11) is 0. The first-order valence-corrected chi connectivity index (χ1v) is 8.76. The molecular weight excluding hydrogens is 366 g/mol. The molecule has 3 aromatic rings. The highest BCUT2D eigenvalue weighted by molar-refractivity contribution is 7.80. The van der Waals surface area contributed by atoms with Crippen molar-refractivity contribution in [2.75, 3.05) is 5.32 Å². The zero-order valence-electron chi connectivity index (χ0n) is 14.4. The van der Waals surface area contributed by atoms with Crippen LogP contribution in [0.5, 0.6) is 5.75 Å². The summed E-state index contributed by atoms with van der Waals surface area (Å²) in [6.07, 6.45) is 0. The van der Waals surface area contributed by atoms with Gasteiger partial charge in [0.25, 0.3) is 0 Å². The average molecular weight is 384 g/mol. The molecule has 0 saturated carbocycles. The summed E-state index contributed by atoms with van der Waals surface area (Å²) in [5.41, 5.74) is 2.66. The fourth-order valence-electron chi connectivity index (χ4n) is 2.34. The normalized spacial score (nSPS) is 10.3. The molecule has 0 aliphatic heterocycles. The average Bonchev–Trinajstić information content (AvgIpc) is 2.68. The molecule has 0 atom stereocenters. The maximum absolute atomic E-state index is 12.9. The van der Waals surface area contributed by atoms with Gasteiger partial charge in [0.05, 0.1) is 0 Å². The molecule has 3 nitrogen and oxygen atoms in total. The van der Waals surface area contributed by atoms with Gasteiger partial charge in [-0.1, -0.05) is 24.3 Å². The number of rotatable bonds is 6. The van der Waals surface area contributed by atoms with Crippen LogP contribution in [0.25, 0.3) is 0 Å². The van der Waals surface area contributed by atoms with Crippen molar-refractivity contribution in [1.82, 2.24) is 5.32 Å². The summed E-state index contributed by atoms with van der Waals surface area (Å²) in [4.78, 5) is 0. The summed E-state index contributed by atoms with van der Waals surface area (Å²) >= 11 is 5.23. The smallest absolute Gasteiger partial charge is 0.171 e. The zero-order valence-corrected chi connectivity index (χ0v) is 15.2. The fraction of sp³-hybridized carbons (Fsp3) is 0.0952. The van der Waals surface area contributed by atoms with Gasteiger partial charge in [-0.2, -0.15) is 0 Å². The molecule has 138 valence electrons. The van der Waals surface area contributed by atoms with Gasteiger partial charge >= 0.3 is 0 Å². The maximum atomic E-state index is 12.9. The molecule has 27 heavy (non-hydrogen) atoms. The third-order valence-electron chi connectivity index (χ3n) is 3.80. The number of benzene rings is 3. The van der Waals surface area contributed by atoms with Crippen LogP contribution in [-0.2, 0) is 13.2 Å². The molecule has 3 rings (SSSR count). The van der Waals surface area contributed by atoms with E-state index in [1.165, 1.54) is 24.3 Å². The van der Waals surface area contributed by atoms with E-state index < -0.39 is 0 Å². The summed E-state index contributed by atoms with van der Waals surface area (Å²) in [5.74, 6) is 0.179. The van der Waals surface area contributed by atoms with Crippen LogP contribution in [0, 0.1) is 11.6 Å². The summed E-state index contributed by atoms with van der Waals surface area (Å²) < 4.78 is 31.5. The minimum absolute atomic E-state index is 0.262. The zero-order chi connectivity index (χ0) is 19.1. The molecule has 0 fully saturated rings. The standard InChI is InChI=1S/C21H18F2N2OS/c22-17-5-1-16(2-6-17)14-26-20-11-3-15(4-12-20)13-24-21(27)25-19-9-7-18(23)8-10-19/h1-12H,13-14H2,(H2,24,25,27). The topological polar surface area (TPSA) is 33.3 Å². The van der Waals surface area contributed by atoms with E-state index in [1.807, 2.05) is 24.3 Å².